The second-order valence-electron chi connectivity index (χ2n) is 5.73. The molecule has 1 aromatic rings. The lowest BCUT2D eigenvalue weighted by molar-refractivity contribution is 0.106. The molecule has 1 aliphatic rings. The molecule has 2 rings (SSSR count). The van der Waals surface area contributed by atoms with Gasteiger partial charge in [-0.2, -0.15) is 0 Å². The standard InChI is InChI=1S/C15H22BrNO/c1-11-6-7-15(10-18,12(2)8-11)17-14-5-3-4-13(16)9-14/h3-5,9,11-12,17-18H,6-8,10H2,1-2H3. The van der Waals surface area contributed by atoms with Crippen LogP contribution in [0.5, 0.6) is 0 Å². The highest BCUT2D eigenvalue weighted by Gasteiger charge is 2.39. The highest BCUT2D eigenvalue weighted by Crippen LogP contribution is 2.39. The van der Waals surface area contributed by atoms with E-state index in [0.717, 1.165) is 22.5 Å². The fourth-order valence-electron chi connectivity index (χ4n) is 3.01. The van der Waals surface area contributed by atoms with Crippen LogP contribution in [0.1, 0.15) is 33.1 Å². The molecule has 0 heterocycles. The Balaban J connectivity index is 2.18. The Morgan fingerprint density at radius 3 is 2.83 bits per heavy atom. The Morgan fingerprint density at radius 2 is 2.22 bits per heavy atom. The molecule has 0 bridgehead atoms. The van der Waals surface area contributed by atoms with Gasteiger partial charge in [0.25, 0.3) is 0 Å². The van der Waals surface area contributed by atoms with Crippen LogP contribution in [-0.2, 0) is 0 Å². The number of anilines is 1. The lowest BCUT2D eigenvalue weighted by atomic mass is 9.70. The van der Waals surface area contributed by atoms with Gasteiger partial charge in [-0.25, -0.2) is 0 Å². The van der Waals surface area contributed by atoms with Crippen molar-refractivity contribution in [2.24, 2.45) is 11.8 Å². The van der Waals surface area contributed by atoms with E-state index < -0.39 is 0 Å². The minimum atomic E-state index is -0.159. The van der Waals surface area contributed by atoms with Crippen molar-refractivity contribution in [1.82, 2.24) is 0 Å². The molecule has 2 nitrogen and oxygen atoms in total. The summed E-state index contributed by atoms with van der Waals surface area (Å²) >= 11 is 3.49. The van der Waals surface area contributed by atoms with Crippen molar-refractivity contribution in [3.8, 4) is 0 Å². The molecule has 1 aromatic carbocycles. The van der Waals surface area contributed by atoms with Gasteiger partial charge in [-0.05, 0) is 49.3 Å². The zero-order valence-electron chi connectivity index (χ0n) is 11.1. The van der Waals surface area contributed by atoms with Crippen LogP contribution in [0, 0.1) is 11.8 Å². The lowest BCUT2D eigenvalue weighted by Crippen LogP contribution is -2.51. The number of hydrogen-bond acceptors (Lipinski definition) is 2. The second-order valence-corrected chi connectivity index (χ2v) is 6.65. The second kappa shape index (κ2) is 5.62. The average molecular weight is 312 g/mol. The maximum absolute atomic E-state index is 9.85. The minimum absolute atomic E-state index is 0.159. The van der Waals surface area contributed by atoms with E-state index in [1.807, 2.05) is 12.1 Å². The van der Waals surface area contributed by atoms with Crippen LogP contribution < -0.4 is 5.32 Å². The molecule has 0 aromatic heterocycles. The molecule has 18 heavy (non-hydrogen) atoms. The molecule has 1 fully saturated rings. The first-order chi connectivity index (χ1) is 8.55. The summed E-state index contributed by atoms with van der Waals surface area (Å²) in [6, 6.07) is 8.17. The van der Waals surface area contributed by atoms with E-state index in [9.17, 15) is 5.11 Å². The predicted molar refractivity (Wildman–Crippen MR) is 79.8 cm³/mol. The first kappa shape index (κ1) is 13.9. The van der Waals surface area contributed by atoms with Crippen LogP contribution in [0.2, 0.25) is 0 Å². The van der Waals surface area contributed by atoms with Crippen molar-refractivity contribution >= 4 is 21.6 Å². The first-order valence-corrected chi connectivity index (χ1v) is 7.49. The highest BCUT2D eigenvalue weighted by molar-refractivity contribution is 9.10. The summed E-state index contributed by atoms with van der Waals surface area (Å²) in [4.78, 5) is 0. The van der Waals surface area contributed by atoms with Crippen molar-refractivity contribution in [2.45, 2.75) is 38.6 Å². The molecule has 0 radical (unpaired) electrons. The van der Waals surface area contributed by atoms with Gasteiger partial charge in [-0.15, -0.1) is 0 Å². The summed E-state index contributed by atoms with van der Waals surface area (Å²) in [6.07, 6.45) is 3.41. The summed E-state index contributed by atoms with van der Waals surface area (Å²) in [5, 5.41) is 13.4. The van der Waals surface area contributed by atoms with Crippen LogP contribution >= 0.6 is 15.9 Å². The fourth-order valence-corrected chi connectivity index (χ4v) is 3.41. The Kier molecular flexibility index (Phi) is 4.33. The van der Waals surface area contributed by atoms with Gasteiger partial charge in [0.2, 0.25) is 0 Å². The van der Waals surface area contributed by atoms with Crippen LogP contribution in [-0.4, -0.2) is 17.3 Å². The zero-order valence-corrected chi connectivity index (χ0v) is 12.7. The molecule has 3 heteroatoms. The molecule has 2 N–H and O–H groups in total. The number of nitrogens with one attached hydrogen (secondary N) is 1. The van der Waals surface area contributed by atoms with Gasteiger partial charge < -0.3 is 10.4 Å². The van der Waals surface area contributed by atoms with Crippen LogP contribution in [0.15, 0.2) is 28.7 Å². The summed E-state index contributed by atoms with van der Waals surface area (Å²) in [6.45, 7) is 4.75. The Morgan fingerprint density at radius 1 is 1.44 bits per heavy atom. The maximum atomic E-state index is 9.85. The molecule has 0 amide bonds. The summed E-state index contributed by atoms with van der Waals surface area (Å²) in [7, 11) is 0. The first-order valence-electron chi connectivity index (χ1n) is 6.70. The van der Waals surface area contributed by atoms with E-state index in [0.29, 0.717) is 5.92 Å². The number of aliphatic hydroxyl groups is 1. The van der Waals surface area contributed by atoms with E-state index in [1.165, 1.54) is 12.8 Å². The maximum Gasteiger partial charge on any atom is 0.0664 e. The van der Waals surface area contributed by atoms with E-state index in [4.69, 9.17) is 0 Å². The molecule has 1 saturated carbocycles. The van der Waals surface area contributed by atoms with Gasteiger partial charge in [0, 0.05) is 10.2 Å². The van der Waals surface area contributed by atoms with E-state index in [2.05, 4.69) is 47.2 Å². The van der Waals surface area contributed by atoms with E-state index >= 15 is 0 Å². The van der Waals surface area contributed by atoms with Crippen molar-refractivity contribution in [1.29, 1.82) is 0 Å². The normalized spacial score (nSPS) is 32.2. The SMILES string of the molecule is CC1CCC(CO)(Nc2cccc(Br)c2)C(C)C1. The predicted octanol–water partition coefficient (Wildman–Crippen LogP) is 4.05. The molecular formula is C15H22BrNO. The molecule has 3 atom stereocenters. The monoisotopic (exact) mass is 311 g/mol. The zero-order chi connectivity index (χ0) is 13.2. The van der Waals surface area contributed by atoms with Gasteiger partial charge >= 0.3 is 0 Å². The minimum Gasteiger partial charge on any atom is -0.394 e. The molecule has 1 aliphatic carbocycles. The van der Waals surface area contributed by atoms with Crippen LogP contribution in [0.3, 0.4) is 0 Å². The largest absolute Gasteiger partial charge is 0.394 e. The van der Waals surface area contributed by atoms with Gasteiger partial charge in [-0.1, -0.05) is 35.8 Å². The Bertz CT molecular complexity index is 409. The van der Waals surface area contributed by atoms with Gasteiger partial charge in [0.1, 0.15) is 0 Å². The van der Waals surface area contributed by atoms with Crippen LogP contribution in [0.4, 0.5) is 5.69 Å². The molecule has 3 unspecified atom stereocenters. The molecule has 100 valence electrons. The number of halogens is 1. The van der Waals surface area contributed by atoms with Crippen molar-refractivity contribution in [3.05, 3.63) is 28.7 Å². The third-order valence-electron chi connectivity index (χ3n) is 4.28. The number of benzene rings is 1. The molecular weight excluding hydrogens is 290 g/mol. The van der Waals surface area contributed by atoms with Gasteiger partial charge in [0.05, 0.1) is 12.1 Å². The summed E-state index contributed by atoms with van der Waals surface area (Å²) < 4.78 is 1.07. The third-order valence-corrected chi connectivity index (χ3v) is 4.78. The molecule has 0 saturated heterocycles. The summed E-state index contributed by atoms with van der Waals surface area (Å²) in [5.74, 6) is 1.26. The Labute approximate surface area is 118 Å². The average Bonchev–Trinajstić information content (AvgIpc) is 2.33. The molecule has 0 spiro atoms. The smallest absolute Gasteiger partial charge is 0.0664 e. The van der Waals surface area contributed by atoms with Crippen molar-refractivity contribution < 1.29 is 5.11 Å². The third kappa shape index (κ3) is 2.89. The number of hydrogen-bond donors (Lipinski definition) is 2. The molecule has 0 aliphatic heterocycles. The van der Waals surface area contributed by atoms with Crippen LogP contribution in [0.25, 0.3) is 0 Å². The lowest BCUT2D eigenvalue weighted by Gasteiger charge is -2.45. The van der Waals surface area contributed by atoms with Crippen molar-refractivity contribution in [3.63, 3.8) is 0 Å². The van der Waals surface area contributed by atoms with Crippen molar-refractivity contribution in [2.75, 3.05) is 11.9 Å². The van der Waals surface area contributed by atoms with E-state index in [1.54, 1.807) is 0 Å². The van der Waals surface area contributed by atoms with Gasteiger partial charge in [0.15, 0.2) is 0 Å². The number of aliphatic hydroxyl groups excluding tert-OH is 1. The van der Waals surface area contributed by atoms with E-state index in [-0.39, 0.29) is 12.1 Å². The van der Waals surface area contributed by atoms with Gasteiger partial charge in [-0.3, -0.25) is 0 Å². The topological polar surface area (TPSA) is 32.3 Å². The number of rotatable bonds is 3. The highest BCUT2D eigenvalue weighted by atomic mass is 79.9. The fraction of sp³-hybridized carbons (Fsp3) is 0.600. The Hall–Kier alpha value is -0.540. The summed E-state index contributed by atoms with van der Waals surface area (Å²) in [5.41, 5.74) is 0.924. The quantitative estimate of drug-likeness (QED) is 0.882.